The number of carbonyl (C=O) groups excluding carboxylic acids is 1. The molecule has 114 valence electrons. The average Bonchev–Trinajstić information content (AvgIpc) is 2.80. The van der Waals surface area contributed by atoms with Crippen LogP contribution < -0.4 is 14.8 Å². The van der Waals surface area contributed by atoms with Crippen LogP contribution in [0.15, 0.2) is 12.1 Å². The summed E-state index contributed by atoms with van der Waals surface area (Å²) in [6.07, 6.45) is 0. The van der Waals surface area contributed by atoms with Gasteiger partial charge in [-0.05, 0) is 26.0 Å². The van der Waals surface area contributed by atoms with Gasteiger partial charge >= 0.3 is 0 Å². The molecule has 0 aliphatic carbocycles. The summed E-state index contributed by atoms with van der Waals surface area (Å²) in [5.41, 5.74) is 1.67. The largest absolute Gasteiger partial charge is 0.496 e. The molecule has 2 atom stereocenters. The van der Waals surface area contributed by atoms with Gasteiger partial charge in [-0.25, -0.2) is 0 Å². The molecule has 2 heterocycles. The van der Waals surface area contributed by atoms with Crippen molar-refractivity contribution in [2.45, 2.75) is 32.5 Å². The number of ketones is 1. The summed E-state index contributed by atoms with van der Waals surface area (Å²) in [6.45, 7) is 7.22. The summed E-state index contributed by atoms with van der Waals surface area (Å²) in [4.78, 5) is 14.2. The zero-order valence-corrected chi connectivity index (χ0v) is 12.8. The number of ether oxygens (including phenoxy) is 2. The Balaban J connectivity index is 1.89. The molecule has 0 aromatic heterocycles. The molecule has 2 aliphatic heterocycles. The van der Waals surface area contributed by atoms with Crippen molar-refractivity contribution in [3.63, 3.8) is 0 Å². The van der Waals surface area contributed by atoms with Crippen molar-refractivity contribution in [2.24, 2.45) is 0 Å². The number of nitrogens with one attached hydrogen (secondary N) is 1. The van der Waals surface area contributed by atoms with E-state index in [1.165, 1.54) is 0 Å². The molecule has 0 radical (unpaired) electrons. The van der Waals surface area contributed by atoms with E-state index in [9.17, 15) is 4.79 Å². The fourth-order valence-corrected chi connectivity index (χ4v) is 3.34. The summed E-state index contributed by atoms with van der Waals surface area (Å²) >= 11 is 0. The Kier molecular flexibility index (Phi) is 3.87. The van der Waals surface area contributed by atoms with Crippen LogP contribution in [-0.2, 0) is 6.54 Å². The van der Waals surface area contributed by atoms with Crippen LogP contribution in [0.1, 0.15) is 29.8 Å². The van der Waals surface area contributed by atoms with Gasteiger partial charge in [0.15, 0.2) is 6.61 Å². The Morgan fingerprint density at radius 2 is 2.05 bits per heavy atom. The standard InChI is InChI=1S/C16H22N2O3/c1-10-6-18(7-11(2)17-10)8-13-15(20-3)5-4-12-14(19)9-21-16(12)13/h4-5,10-11,17H,6-9H2,1-3H3/t10-,11+. The fourth-order valence-electron chi connectivity index (χ4n) is 3.34. The van der Waals surface area contributed by atoms with Gasteiger partial charge in [0.1, 0.15) is 11.5 Å². The summed E-state index contributed by atoms with van der Waals surface area (Å²) in [5, 5.41) is 3.52. The minimum atomic E-state index is 0.0518. The van der Waals surface area contributed by atoms with E-state index < -0.39 is 0 Å². The Labute approximate surface area is 125 Å². The van der Waals surface area contributed by atoms with Crippen LogP contribution in [0, 0.1) is 0 Å². The molecule has 1 fully saturated rings. The van der Waals surface area contributed by atoms with E-state index in [4.69, 9.17) is 9.47 Å². The lowest BCUT2D eigenvalue weighted by atomic mass is 10.0. The first-order valence-corrected chi connectivity index (χ1v) is 7.42. The zero-order chi connectivity index (χ0) is 15.0. The van der Waals surface area contributed by atoms with Crippen molar-refractivity contribution in [2.75, 3.05) is 26.8 Å². The smallest absolute Gasteiger partial charge is 0.203 e. The van der Waals surface area contributed by atoms with Crippen molar-refractivity contribution >= 4 is 5.78 Å². The van der Waals surface area contributed by atoms with Gasteiger partial charge in [-0.3, -0.25) is 9.69 Å². The van der Waals surface area contributed by atoms with Crippen LogP contribution in [-0.4, -0.2) is 49.6 Å². The normalized spacial score (nSPS) is 25.6. The number of fused-ring (bicyclic) bond motifs is 1. The minimum Gasteiger partial charge on any atom is -0.496 e. The number of benzene rings is 1. The van der Waals surface area contributed by atoms with Gasteiger partial charge in [-0.2, -0.15) is 0 Å². The van der Waals surface area contributed by atoms with Crippen molar-refractivity contribution in [1.82, 2.24) is 10.2 Å². The van der Waals surface area contributed by atoms with Crippen LogP contribution in [0.5, 0.6) is 11.5 Å². The van der Waals surface area contributed by atoms with E-state index >= 15 is 0 Å². The molecular weight excluding hydrogens is 268 g/mol. The van der Waals surface area contributed by atoms with E-state index in [2.05, 4.69) is 24.1 Å². The fraction of sp³-hybridized carbons (Fsp3) is 0.562. The molecule has 1 saturated heterocycles. The minimum absolute atomic E-state index is 0.0518. The molecule has 0 saturated carbocycles. The maximum atomic E-state index is 11.8. The molecule has 3 rings (SSSR count). The highest BCUT2D eigenvalue weighted by Crippen LogP contribution is 2.37. The van der Waals surface area contributed by atoms with Crippen LogP contribution in [0.4, 0.5) is 0 Å². The first-order chi connectivity index (χ1) is 10.1. The third-order valence-electron chi connectivity index (χ3n) is 4.10. The summed E-state index contributed by atoms with van der Waals surface area (Å²) in [7, 11) is 1.66. The molecule has 1 aromatic carbocycles. The number of carbonyl (C=O) groups is 1. The molecular formula is C16H22N2O3. The number of hydrogen-bond donors (Lipinski definition) is 1. The summed E-state index contributed by atoms with van der Waals surface area (Å²) in [5.74, 6) is 1.55. The van der Waals surface area contributed by atoms with Gasteiger partial charge < -0.3 is 14.8 Å². The van der Waals surface area contributed by atoms with E-state index in [-0.39, 0.29) is 12.4 Å². The van der Waals surface area contributed by atoms with E-state index in [1.54, 1.807) is 13.2 Å². The maximum Gasteiger partial charge on any atom is 0.203 e. The second-order valence-corrected chi connectivity index (χ2v) is 6.00. The monoisotopic (exact) mass is 290 g/mol. The lowest BCUT2D eigenvalue weighted by Crippen LogP contribution is -2.53. The summed E-state index contributed by atoms with van der Waals surface area (Å²) in [6, 6.07) is 4.59. The lowest BCUT2D eigenvalue weighted by molar-refractivity contribution is 0.0960. The van der Waals surface area contributed by atoms with Crippen LogP contribution in [0.25, 0.3) is 0 Å². The number of nitrogens with zero attached hydrogens (tertiary/aromatic N) is 1. The second kappa shape index (κ2) is 5.66. The Morgan fingerprint density at radius 1 is 1.33 bits per heavy atom. The van der Waals surface area contributed by atoms with Gasteiger partial charge in [-0.15, -0.1) is 0 Å². The number of rotatable bonds is 3. The molecule has 0 unspecified atom stereocenters. The quantitative estimate of drug-likeness (QED) is 0.913. The van der Waals surface area contributed by atoms with E-state index in [0.717, 1.165) is 30.9 Å². The maximum absolute atomic E-state index is 11.8. The van der Waals surface area contributed by atoms with Crippen LogP contribution in [0.2, 0.25) is 0 Å². The highest BCUT2D eigenvalue weighted by atomic mass is 16.5. The van der Waals surface area contributed by atoms with E-state index in [0.29, 0.717) is 23.4 Å². The molecule has 2 aliphatic rings. The molecule has 1 N–H and O–H groups in total. The first kappa shape index (κ1) is 14.4. The number of piperazine rings is 1. The highest BCUT2D eigenvalue weighted by Gasteiger charge is 2.29. The van der Waals surface area contributed by atoms with Crippen molar-refractivity contribution in [1.29, 1.82) is 0 Å². The number of Topliss-reactive ketones (excluding diaryl/α,β-unsaturated/α-hetero) is 1. The SMILES string of the molecule is COc1ccc2c(c1CN1C[C@@H](C)N[C@@H](C)C1)OCC2=O. The predicted molar refractivity (Wildman–Crippen MR) is 80.2 cm³/mol. The van der Waals surface area contributed by atoms with Crippen molar-refractivity contribution in [3.8, 4) is 11.5 Å². The Morgan fingerprint density at radius 3 is 2.71 bits per heavy atom. The summed E-state index contributed by atoms with van der Waals surface area (Å²) < 4.78 is 11.1. The van der Waals surface area contributed by atoms with Gasteiger partial charge in [-0.1, -0.05) is 0 Å². The van der Waals surface area contributed by atoms with Crippen molar-refractivity contribution < 1.29 is 14.3 Å². The topological polar surface area (TPSA) is 50.8 Å². The average molecular weight is 290 g/mol. The Hall–Kier alpha value is -1.59. The molecule has 21 heavy (non-hydrogen) atoms. The Bertz CT molecular complexity index is 549. The number of hydrogen-bond acceptors (Lipinski definition) is 5. The zero-order valence-electron chi connectivity index (χ0n) is 12.8. The van der Waals surface area contributed by atoms with Gasteiger partial charge in [0.2, 0.25) is 5.78 Å². The van der Waals surface area contributed by atoms with E-state index in [1.807, 2.05) is 6.07 Å². The highest BCUT2D eigenvalue weighted by molar-refractivity contribution is 6.03. The predicted octanol–water partition coefficient (Wildman–Crippen LogP) is 1.45. The third-order valence-corrected chi connectivity index (χ3v) is 4.10. The van der Waals surface area contributed by atoms with Gasteiger partial charge in [0.05, 0.1) is 18.2 Å². The molecule has 0 bridgehead atoms. The third kappa shape index (κ3) is 2.76. The second-order valence-electron chi connectivity index (χ2n) is 6.00. The molecule has 5 heteroatoms. The first-order valence-electron chi connectivity index (χ1n) is 7.42. The van der Waals surface area contributed by atoms with Gasteiger partial charge in [0, 0.05) is 31.7 Å². The van der Waals surface area contributed by atoms with Gasteiger partial charge in [0.25, 0.3) is 0 Å². The molecule has 5 nitrogen and oxygen atoms in total. The van der Waals surface area contributed by atoms with Crippen LogP contribution in [0.3, 0.4) is 0 Å². The number of methoxy groups -OCH3 is 1. The van der Waals surface area contributed by atoms with Crippen LogP contribution >= 0.6 is 0 Å². The van der Waals surface area contributed by atoms with Crippen molar-refractivity contribution in [3.05, 3.63) is 23.3 Å². The molecule has 0 amide bonds. The molecule has 1 aromatic rings. The molecule has 0 spiro atoms. The lowest BCUT2D eigenvalue weighted by Gasteiger charge is -2.36.